The molecule has 0 aliphatic carbocycles. The summed E-state index contributed by atoms with van der Waals surface area (Å²) in [6, 6.07) is 0. The SMILES string of the molecule is FC(F)(F)C1CSC(C(F)(F)F)C1. The highest BCUT2D eigenvalue weighted by Gasteiger charge is 2.52. The molecule has 1 rings (SSSR count). The summed E-state index contributed by atoms with van der Waals surface area (Å²) >= 11 is 0.339. The van der Waals surface area contributed by atoms with Gasteiger partial charge in [-0.1, -0.05) is 0 Å². The minimum absolute atomic E-state index is 0.339. The normalized spacial score (nSPS) is 30.9. The van der Waals surface area contributed by atoms with Gasteiger partial charge in [-0.15, -0.1) is 11.8 Å². The first kappa shape index (κ1) is 11.0. The first-order valence-electron chi connectivity index (χ1n) is 3.46. The average Bonchev–Trinajstić information content (AvgIpc) is 2.28. The minimum Gasteiger partial charge on any atom is -0.171 e. The van der Waals surface area contributed by atoms with E-state index in [4.69, 9.17) is 0 Å². The third kappa shape index (κ3) is 2.69. The van der Waals surface area contributed by atoms with Crippen LogP contribution < -0.4 is 0 Å². The fourth-order valence-electron chi connectivity index (χ4n) is 1.08. The molecule has 0 saturated carbocycles. The van der Waals surface area contributed by atoms with Crippen LogP contribution >= 0.6 is 11.8 Å². The number of halogens is 6. The second-order valence-electron chi connectivity index (χ2n) is 2.84. The number of hydrogen-bond donors (Lipinski definition) is 0. The zero-order valence-electron chi connectivity index (χ0n) is 6.24. The van der Waals surface area contributed by atoms with Crippen LogP contribution in [0.2, 0.25) is 0 Å². The third-order valence-electron chi connectivity index (χ3n) is 1.83. The lowest BCUT2D eigenvalue weighted by molar-refractivity contribution is -0.177. The lowest BCUT2D eigenvalue weighted by atomic mass is 10.1. The molecule has 1 heterocycles. The maximum absolute atomic E-state index is 11.9. The summed E-state index contributed by atoms with van der Waals surface area (Å²) < 4.78 is 71.6. The Morgan fingerprint density at radius 2 is 1.46 bits per heavy atom. The maximum Gasteiger partial charge on any atom is 0.400 e. The van der Waals surface area contributed by atoms with Crippen molar-refractivity contribution in [3.8, 4) is 0 Å². The molecule has 0 nitrogen and oxygen atoms in total. The van der Waals surface area contributed by atoms with Crippen molar-refractivity contribution in [3.63, 3.8) is 0 Å². The van der Waals surface area contributed by atoms with Crippen LogP contribution in [0.1, 0.15) is 6.42 Å². The van der Waals surface area contributed by atoms with Crippen LogP contribution in [0.3, 0.4) is 0 Å². The molecule has 1 saturated heterocycles. The smallest absolute Gasteiger partial charge is 0.171 e. The van der Waals surface area contributed by atoms with Crippen molar-refractivity contribution >= 4 is 11.8 Å². The molecule has 1 fully saturated rings. The molecule has 2 atom stereocenters. The second kappa shape index (κ2) is 3.25. The molecule has 0 bridgehead atoms. The summed E-state index contributed by atoms with van der Waals surface area (Å²) in [7, 11) is 0. The minimum atomic E-state index is -4.51. The summed E-state index contributed by atoms with van der Waals surface area (Å²) in [6.07, 6.45) is -9.84. The van der Waals surface area contributed by atoms with Crippen LogP contribution in [0.4, 0.5) is 26.3 Å². The molecule has 7 heteroatoms. The summed E-state index contributed by atoms with van der Waals surface area (Å²) in [5, 5.41) is -1.85. The highest BCUT2D eigenvalue weighted by atomic mass is 32.2. The summed E-state index contributed by atoms with van der Waals surface area (Å²) in [5.74, 6) is -2.28. The van der Waals surface area contributed by atoms with Crippen LogP contribution in [-0.4, -0.2) is 23.4 Å². The van der Waals surface area contributed by atoms with Gasteiger partial charge in [0.15, 0.2) is 0 Å². The van der Waals surface area contributed by atoms with Crippen LogP contribution in [0.5, 0.6) is 0 Å². The predicted molar refractivity (Wildman–Crippen MR) is 36.5 cm³/mol. The first-order valence-corrected chi connectivity index (χ1v) is 4.51. The lowest BCUT2D eigenvalue weighted by Crippen LogP contribution is -2.27. The van der Waals surface area contributed by atoms with E-state index in [1.807, 2.05) is 0 Å². The van der Waals surface area contributed by atoms with Gasteiger partial charge in [0, 0.05) is 5.75 Å². The largest absolute Gasteiger partial charge is 0.400 e. The molecular formula is C6H6F6S. The van der Waals surface area contributed by atoms with Crippen LogP contribution in [0.25, 0.3) is 0 Å². The van der Waals surface area contributed by atoms with E-state index in [0.717, 1.165) is 0 Å². The summed E-state index contributed by atoms with van der Waals surface area (Å²) in [5.41, 5.74) is 0. The molecule has 0 spiro atoms. The van der Waals surface area contributed by atoms with Gasteiger partial charge < -0.3 is 0 Å². The van der Waals surface area contributed by atoms with Gasteiger partial charge >= 0.3 is 12.4 Å². The highest BCUT2D eigenvalue weighted by molar-refractivity contribution is 8.00. The predicted octanol–water partition coefficient (Wildman–Crippen LogP) is 3.23. The van der Waals surface area contributed by atoms with Crippen molar-refractivity contribution in [2.45, 2.75) is 24.0 Å². The van der Waals surface area contributed by atoms with Crippen molar-refractivity contribution in [3.05, 3.63) is 0 Å². The molecule has 0 radical (unpaired) electrons. The molecule has 13 heavy (non-hydrogen) atoms. The standard InChI is InChI=1S/C6H6F6S/c7-5(8,9)3-1-4(13-2-3)6(10,11)12/h3-4H,1-2H2. The van der Waals surface area contributed by atoms with Gasteiger partial charge in [0.05, 0.1) is 5.92 Å². The Morgan fingerprint density at radius 1 is 0.923 bits per heavy atom. The van der Waals surface area contributed by atoms with E-state index in [1.165, 1.54) is 0 Å². The quantitative estimate of drug-likeness (QED) is 0.569. The van der Waals surface area contributed by atoms with Crippen LogP contribution in [0.15, 0.2) is 0 Å². The molecule has 1 aliphatic rings. The fourth-order valence-corrected chi connectivity index (χ4v) is 2.43. The molecule has 0 aromatic heterocycles. The average molecular weight is 224 g/mol. The van der Waals surface area contributed by atoms with Gasteiger partial charge in [-0.3, -0.25) is 0 Å². The zero-order chi connectivity index (χ0) is 10.3. The van der Waals surface area contributed by atoms with Crippen LogP contribution in [-0.2, 0) is 0 Å². The Labute approximate surface area is 74.7 Å². The molecular weight excluding hydrogens is 218 g/mol. The summed E-state index contributed by atoms with van der Waals surface area (Å²) in [4.78, 5) is 0. The Kier molecular flexibility index (Phi) is 2.75. The number of alkyl halides is 6. The Hall–Kier alpha value is -0.0700. The number of thioether (sulfide) groups is 1. The monoisotopic (exact) mass is 224 g/mol. The lowest BCUT2D eigenvalue weighted by Gasteiger charge is -2.15. The maximum atomic E-state index is 11.9. The fraction of sp³-hybridized carbons (Fsp3) is 1.00. The van der Waals surface area contributed by atoms with Crippen molar-refractivity contribution in [1.82, 2.24) is 0 Å². The van der Waals surface area contributed by atoms with Crippen molar-refractivity contribution in [2.75, 3.05) is 5.75 Å². The highest BCUT2D eigenvalue weighted by Crippen LogP contribution is 2.46. The van der Waals surface area contributed by atoms with Crippen molar-refractivity contribution in [2.24, 2.45) is 5.92 Å². The van der Waals surface area contributed by atoms with E-state index in [9.17, 15) is 26.3 Å². The van der Waals surface area contributed by atoms with Gasteiger partial charge in [-0.2, -0.15) is 26.3 Å². The van der Waals surface area contributed by atoms with Gasteiger partial charge in [0.1, 0.15) is 5.25 Å². The molecule has 0 aromatic carbocycles. The Morgan fingerprint density at radius 3 is 1.69 bits per heavy atom. The van der Waals surface area contributed by atoms with Gasteiger partial charge in [-0.25, -0.2) is 0 Å². The topological polar surface area (TPSA) is 0 Å². The third-order valence-corrected chi connectivity index (χ3v) is 3.28. The number of hydrogen-bond acceptors (Lipinski definition) is 1. The molecule has 1 aliphatic heterocycles. The van der Waals surface area contributed by atoms with Gasteiger partial charge in [-0.05, 0) is 6.42 Å². The van der Waals surface area contributed by atoms with E-state index in [-0.39, 0.29) is 0 Å². The van der Waals surface area contributed by atoms with E-state index in [0.29, 0.717) is 11.8 Å². The molecule has 78 valence electrons. The number of rotatable bonds is 0. The molecule has 2 unspecified atom stereocenters. The second-order valence-corrected chi connectivity index (χ2v) is 4.07. The van der Waals surface area contributed by atoms with E-state index in [1.54, 1.807) is 0 Å². The Balaban J connectivity index is 2.55. The molecule has 0 N–H and O–H groups in total. The zero-order valence-corrected chi connectivity index (χ0v) is 7.06. The van der Waals surface area contributed by atoms with E-state index >= 15 is 0 Å². The van der Waals surface area contributed by atoms with E-state index < -0.39 is 35.7 Å². The Bertz CT molecular complexity index is 163. The van der Waals surface area contributed by atoms with E-state index in [2.05, 4.69) is 0 Å². The van der Waals surface area contributed by atoms with Gasteiger partial charge in [0.25, 0.3) is 0 Å². The van der Waals surface area contributed by atoms with Crippen LogP contribution in [0, 0.1) is 5.92 Å². The molecule has 0 amide bonds. The van der Waals surface area contributed by atoms with Gasteiger partial charge in [0.2, 0.25) is 0 Å². The summed E-state index contributed by atoms with van der Waals surface area (Å²) in [6.45, 7) is 0. The van der Waals surface area contributed by atoms with Crippen molar-refractivity contribution in [1.29, 1.82) is 0 Å². The molecule has 0 aromatic rings. The van der Waals surface area contributed by atoms with Crippen molar-refractivity contribution < 1.29 is 26.3 Å². The first-order chi connectivity index (χ1) is 5.71.